The summed E-state index contributed by atoms with van der Waals surface area (Å²) in [4.78, 5) is 22.9. The number of carbonyl (C=O) groups excluding carboxylic acids is 2. The molecule has 2 heterocycles. The number of methoxy groups -OCH3 is 1. The third-order valence-corrected chi connectivity index (χ3v) is 4.38. The molecule has 0 aromatic heterocycles. The highest BCUT2D eigenvalue weighted by molar-refractivity contribution is 5.75. The first-order valence-electron chi connectivity index (χ1n) is 7.60. The van der Waals surface area contributed by atoms with Gasteiger partial charge in [0.25, 0.3) is 0 Å². The zero-order valence-corrected chi connectivity index (χ0v) is 12.9. The summed E-state index contributed by atoms with van der Waals surface area (Å²) in [6, 6.07) is 0. The molecule has 0 spiro atoms. The summed E-state index contributed by atoms with van der Waals surface area (Å²) in [6.07, 6.45) is 2.21. The first-order valence-corrected chi connectivity index (χ1v) is 7.60. The van der Waals surface area contributed by atoms with Crippen LogP contribution in [0.15, 0.2) is 0 Å². The fourth-order valence-corrected chi connectivity index (χ4v) is 3.01. The van der Waals surface area contributed by atoms with Crippen molar-refractivity contribution in [3.05, 3.63) is 0 Å². The second-order valence-electron chi connectivity index (χ2n) is 5.68. The van der Waals surface area contributed by atoms with Crippen LogP contribution in [0.25, 0.3) is 0 Å². The van der Waals surface area contributed by atoms with Crippen LogP contribution in [-0.4, -0.2) is 43.7 Å². The molecule has 2 aliphatic heterocycles. The highest BCUT2D eigenvalue weighted by Gasteiger charge is 2.43. The van der Waals surface area contributed by atoms with Crippen LogP contribution < -0.4 is 0 Å². The number of hydrogen-bond acceptors (Lipinski definition) is 6. The average molecular weight is 300 g/mol. The van der Waals surface area contributed by atoms with Gasteiger partial charge < -0.3 is 18.9 Å². The summed E-state index contributed by atoms with van der Waals surface area (Å²) in [5.41, 5.74) is 0. The van der Waals surface area contributed by atoms with E-state index in [0.29, 0.717) is 13.0 Å². The first-order chi connectivity index (χ1) is 10.0. The standard InChI is InChI=1S/C15H24O6/c1-4-15(5-2)19-9-11(21-15)8-12-10(6-13(16)18-3)7-14(17)20-12/h10-12H,4-9H2,1-3H3/t10-,11-,12-/m1/s1. The Morgan fingerprint density at radius 3 is 2.67 bits per heavy atom. The van der Waals surface area contributed by atoms with Crippen LogP contribution in [0.3, 0.4) is 0 Å². The molecule has 0 amide bonds. The molecule has 0 radical (unpaired) electrons. The van der Waals surface area contributed by atoms with Gasteiger partial charge in [-0.3, -0.25) is 9.59 Å². The van der Waals surface area contributed by atoms with Crippen LogP contribution in [0.5, 0.6) is 0 Å². The predicted molar refractivity (Wildman–Crippen MR) is 73.4 cm³/mol. The van der Waals surface area contributed by atoms with Crippen LogP contribution >= 0.6 is 0 Å². The molecule has 2 saturated heterocycles. The van der Waals surface area contributed by atoms with Crippen molar-refractivity contribution in [3.8, 4) is 0 Å². The van der Waals surface area contributed by atoms with Crippen LogP contribution in [-0.2, 0) is 28.5 Å². The zero-order chi connectivity index (χ0) is 15.5. The number of rotatable bonds is 6. The van der Waals surface area contributed by atoms with Gasteiger partial charge in [-0.1, -0.05) is 13.8 Å². The van der Waals surface area contributed by atoms with E-state index in [1.165, 1.54) is 7.11 Å². The summed E-state index contributed by atoms with van der Waals surface area (Å²) < 4.78 is 21.8. The van der Waals surface area contributed by atoms with Gasteiger partial charge >= 0.3 is 11.9 Å². The lowest BCUT2D eigenvalue weighted by Crippen LogP contribution is -2.31. The molecule has 0 saturated carbocycles. The van der Waals surface area contributed by atoms with E-state index in [-0.39, 0.29) is 42.9 Å². The van der Waals surface area contributed by atoms with Crippen molar-refractivity contribution in [1.82, 2.24) is 0 Å². The Kier molecular flexibility index (Phi) is 5.22. The van der Waals surface area contributed by atoms with Crippen LogP contribution in [0.4, 0.5) is 0 Å². The van der Waals surface area contributed by atoms with Gasteiger partial charge in [-0.05, 0) is 12.8 Å². The summed E-state index contributed by atoms with van der Waals surface area (Å²) in [5, 5.41) is 0. The van der Waals surface area contributed by atoms with E-state index in [9.17, 15) is 9.59 Å². The van der Waals surface area contributed by atoms with E-state index >= 15 is 0 Å². The van der Waals surface area contributed by atoms with E-state index in [0.717, 1.165) is 12.8 Å². The lowest BCUT2D eigenvalue weighted by atomic mass is 9.93. The molecule has 2 fully saturated rings. The molecule has 0 aromatic carbocycles. The van der Waals surface area contributed by atoms with Crippen molar-refractivity contribution in [2.24, 2.45) is 5.92 Å². The molecule has 0 aliphatic carbocycles. The molecule has 6 heteroatoms. The SMILES string of the molecule is CCC1(CC)OC[C@@H](C[C@H]2OC(=O)C[C@H]2CC(=O)OC)O1. The van der Waals surface area contributed by atoms with Gasteiger partial charge in [-0.2, -0.15) is 0 Å². The van der Waals surface area contributed by atoms with E-state index in [1.807, 2.05) is 13.8 Å². The molecule has 2 aliphatic rings. The maximum Gasteiger partial charge on any atom is 0.306 e. The Bertz CT molecular complexity index is 390. The zero-order valence-electron chi connectivity index (χ0n) is 12.9. The summed E-state index contributed by atoms with van der Waals surface area (Å²) >= 11 is 0. The monoisotopic (exact) mass is 300 g/mol. The maximum absolute atomic E-state index is 11.5. The maximum atomic E-state index is 11.5. The van der Waals surface area contributed by atoms with Crippen molar-refractivity contribution in [2.75, 3.05) is 13.7 Å². The molecular weight excluding hydrogens is 276 g/mol. The lowest BCUT2D eigenvalue weighted by molar-refractivity contribution is -0.175. The third kappa shape index (κ3) is 3.74. The Balaban J connectivity index is 1.92. The number of esters is 2. The quantitative estimate of drug-likeness (QED) is 0.697. The molecule has 3 atom stereocenters. The van der Waals surface area contributed by atoms with E-state index < -0.39 is 5.79 Å². The molecule has 21 heavy (non-hydrogen) atoms. The second-order valence-corrected chi connectivity index (χ2v) is 5.68. The minimum absolute atomic E-state index is 0.0963. The average Bonchev–Trinajstić information content (AvgIpc) is 3.04. The normalized spacial score (nSPS) is 31.2. The molecule has 0 aromatic rings. The number of cyclic esters (lactones) is 1. The molecular formula is C15H24O6. The fraction of sp³-hybridized carbons (Fsp3) is 0.867. The van der Waals surface area contributed by atoms with Crippen LogP contribution in [0.1, 0.15) is 46.0 Å². The summed E-state index contributed by atoms with van der Waals surface area (Å²) in [5.74, 6) is -1.22. The number of carbonyl (C=O) groups is 2. The molecule has 0 N–H and O–H groups in total. The van der Waals surface area contributed by atoms with Crippen molar-refractivity contribution < 1.29 is 28.5 Å². The molecule has 0 bridgehead atoms. The van der Waals surface area contributed by atoms with Gasteiger partial charge in [-0.15, -0.1) is 0 Å². The fourth-order valence-electron chi connectivity index (χ4n) is 3.01. The van der Waals surface area contributed by atoms with E-state index in [2.05, 4.69) is 4.74 Å². The minimum atomic E-state index is -0.509. The summed E-state index contributed by atoms with van der Waals surface area (Å²) in [7, 11) is 1.35. The highest BCUT2D eigenvalue weighted by Crippen LogP contribution is 2.35. The van der Waals surface area contributed by atoms with Gasteiger partial charge in [0.05, 0.1) is 32.7 Å². The van der Waals surface area contributed by atoms with E-state index in [1.54, 1.807) is 0 Å². The molecule has 0 unspecified atom stereocenters. The molecule has 2 rings (SSSR count). The minimum Gasteiger partial charge on any atom is -0.469 e. The Morgan fingerprint density at radius 1 is 1.38 bits per heavy atom. The van der Waals surface area contributed by atoms with Gasteiger partial charge in [0.1, 0.15) is 6.10 Å². The van der Waals surface area contributed by atoms with Crippen LogP contribution in [0.2, 0.25) is 0 Å². The van der Waals surface area contributed by atoms with Crippen molar-refractivity contribution in [3.63, 3.8) is 0 Å². The Morgan fingerprint density at radius 2 is 2.10 bits per heavy atom. The van der Waals surface area contributed by atoms with Gasteiger partial charge in [0.2, 0.25) is 0 Å². The number of hydrogen-bond donors (Lipinski definition) is 0. The van der Waals surface area contributed by atoms with Gasteiger partial charge in [0.15, 0.2) is 5.79 Å². The molecule has 120 valence electrons. The Labute approximate surface area is 125 Å². The third-order valence-electron chi connectivity index (χ3n) is 4.38. The number of ether oxygens (including phenoxy) is 4. The largest absolute Gasteiger partial charge is 0.469 e. The van der Waals surface area contributed by atoms with Crippen molar-refractivity contribution in [1.29, 1.82) is 0 Å². The van der Waals surface area contributed by atoms with Gasteiger partial charge in [0, 0.05) is 12.3 Å². The molecule has 6 nitrogen and oxygen atoms in total. The second kappa shape index (κ2) is 6.75. The van der Waals surface area contributed by atoms with Gasteiger partial charge in [-0.25, -0.2) is 0 Å². The predicted octanol–water partition coefficient (Wildman–Crippen LogP) is 1.80. The topological polar surface area (TPSA) is 71.1 Å². The Hall–Kier alpha value is -1.14. The van der Waals surface area contributed by atoms with Crippen molar-refractivity contribution >= 4 is 11.9 Å². The smallest absolute Gasteiger partial charge is 0.306 e. The van der Waals surface area contributed by atoms with E-state index in [4.69, 9.17) is 14.2 Å². The van der Waals surface area contributed by atoms with Crippen molar-refractivity contribution in [2.45, 2.75) is 63.9 Å². The van der Waals surface area contributed by atoms with Crippen LogP contribution in [0, 0.1) is 5.92 Å². The lowest BCUT2D eigenvalue weighted by Gasteiger charge is -2.26. The first kappa shape index (κ1) is 16.2. The highest BCUT2D eigenvalue weighted by atomic mass is 16.7. The summed E-state index contributed by atoms with van der Waals surface area (Å²) in [6.45, 7) is 4.56.